The molecule has 0 amide bonds. The SMILES string of the molecule is Cc1cccc(CN(C)c2cccc(N)n2)c1. The number of anilines is 2. The van der Waals surface area contributed by atoms with Gasteiger partial charge in [0.25, 0.3) is 0 Å². The minimum Gasteiger partial charge on any atom is -0.384 e. The summed E-state index contributed by atoms with van der Waals surface area (Å²) in [5, 5.41) is 0. The maximum atomic E-state index is 5.68. The van der Waals surface area contributed by atoms with Gasteiger partial charge in [-0.25, -0.2) is 4.98 Å². The fourth-order valence-electron chi connectivity index (χ4n) is 1.82. The second-order valence-corrected chi connectivity index (χ2v) is 4.27. The molecule has 2 rings (SSSR count). The third kappa shape index (κ3) is 2.97. The summed E-state index contributed by atoms with van der Waals surface area (Å²) < 4.78 is 0. The van der Waals surface area contributed by atoms with Crippen LogP contribution in [0, 0.1) is 6.92 Å². The molecule has 17 heavy (non-hydrogen) atoms. The predicted molar refractivity (Wildman–Crippen MR) is 71.9 cm³/mol. The van der Waals surface area contributed by atoms with E-state index < -0.39 is 0 Å². The van der Waals surface area contributed by atoms with Crippen molar-refractivity contribution < 1.29 is 0 Å². The Bertz CT molecular complexity index is 508. The minimum atomic E-state index is 0.554. The van der Waals surface area contributed by atoms with Gasteiger partial charge in [-0.1, -0.05) is 35.9 Å². The summed E-state index contributed by atoms with van der Waals surface area (Å²) in [6.45, 7) is 2.93. The van der Waals surface area contributed by atoms with Crippen LogP contribution in [-0.2, 0) is 6.54 Å². The molecule has 3 nitrogen and oxygen atoms in total. The Morgan fingerprint density at radius 2 is 1.94 bits per heavy atom. The lowest BCUT2D eigenvalue weighted by atomic mass is 10.1. The largest absolute Gasteiger partial charge is 0.384 e. The molecule has 0 saturated heterocycles. The number of benzene rings is 1. The van der Waals surface area contributed by atoms with Crippen molar-refractivity contribution in [3.8, 4) is 0 Å². The maximum absolute atomic E-state index is 5.68. The highest BCUT2D eigenvalue weighted by Gasteiger charge is 2.03. The van der Waals surface area contributed by atoms with Crippen LogP contribution >= 0.6 is 0 Å². The normalized spacial score (nSPS) is 10.2. The number of rotatable bonds is 3. The molecule has 0 fully saturated rings. The molecule has 0 atom stereocenters. The van der Waals surface area contributed by atoms with Crippen LogP contribution in [-0.4, -0.2) is 12.0 Å². The van der Waals surface area contributed by atoms with Gasteiger partial charge in [0.1, 0.15) is 11.6 Å². The molecule has 2 N–H and O–H groups in total. The van der Waals surface area contributed by atoms with E-state index in [-0.39, 0.29) is 0 Å². The van der Waals surface area contributed by atoms with Crippen LogP contribution in [0.1, 0.15) is 11.1 Å². The molecule has 1 aromatic heterocycles. The first-order valence-electron chi connectivity index (χ1n) is 5.64. The molecule has 0 saturated carbocycles. The number of hydrogen-bond acceptors (Lipinski definition) is 3. The summed E-state index contributed by atoms with van der Waals surface area (Å²) in [5.41, 5.74) is 8.23. The highest BCUT2D eigenvalue weighted by molar-refractivity contribution is 5.44. The summed E-state index contributed by atoms with van der Waals surface area (Å²) >= 11 is 0. The van der Waals surface area contributed by atoms with Gasteiger partial charge in [-0.15, -0.1) is 0 Å². The molecule has 3 heteroatoms. The standard InChI is InChI=1S/C14H17N3/c1-11-5-3-6-12(9-11)10-17(2)14-8-4-7-13(15)16-14/h3-9H,10H2,1-2H3,(H2,15,16). The minimum absolute atomic E-state index is 0.554. The van der Waals surface area contributed by atoms with Gasteiger partial charge >= 0.3 is 0 Å². The van der Waals surface area contributed by atoms with E-state index in [1.54, 1.807) is 6.07 Å². The smallest absolute Gasteiger partial charge is 0.130 e. The first-order chi connectivity index (χ1) is 8.15. The van der Waals surface area contributed by atoms with Crippen LogP contribution in [0.2, 0.25) is 0 Å². The second kappa shape index (κ2) is 4.87. The Kier molecular flexibility index (Phi) is 3.28. The van der Waals surface area contributed by atoms with E-state index in [0.29, 0.717) is 5.82 Å². The lowest BCUT2D eigenvalue weighted by molar-refractivity contribution is 0.898. The third-order valence-electron chi connectivity index (χ3n) is 2.65. The van der Waals surface area contributed by atoms with E-state index in [0.717, 1.165) is 12.4 Å². The van der Waals surface area contributed by atoms with Crippen molar-refractivity contribution in [2.75, 3.05) is 17.7 Å². The van der Waals surface area contributed by atoms with Crippen LogP contribution < -0.4 is 10.6 Å². The Hall–Kier alpha value is -2.03. The zero-order chi connectivity index (χ0) is 12.3. The van der Waals surface area contributed by atoms with Gasteiger partial charge in [-0.2, -0.15) is 0 Å². The van der Waals surface area contributed by atoms with Crippen molar-refractivity contribution in [1.29, 1.82) is 0 Å². The monoisotopic (exact) mass is 227 g/mol. The van der Waals surface area contributed by atoms with E-state index in [9.17, 15) is 0 Å². The van der Waals surface area contributed by atoms with Crippen molar-refractivity contribution in [1.82, 2.24) is 4.98 Å². The van der Waals surface area contributed by atoms with Crippen LogP contribution in [0.25, 0.3) is 0 Å². The fourth-order valence-corrected chi connectivity index (χ4v) is 1.82. The van der Waals surface area contributed by atoms with Crippen molar-refractivity contribution in [2.24, 2.45) is 0 Å². The van der Waals surface area contributed by atoms with Crippen molar-refractivity contribution >= 4 is 11.6 Å². The number of aromatic nitrogens is 1. The number of pyridine rings is 1. The van der Waals surface area contributed by atoms with E-state index >= 15 is 0 Å². The van der Waals surface area contributed by atoms with Crippen LogP contribution in [0.3, 0.4) is 0 Å². The number of aryl methyl sites for hydroxylation is 1. The molecule has 0 unspecified atom stereocenters. The van der Waals surface area contributed by atoms with E-state index in [1.807, 2.05) is 19.2 Å². The molecular formula is C14H17N3. The molecule has 0 aliphatic heterocycles. The highest BCUT2D eigenvalue weighted by atomic mass is 15.2. The zero-order valence-electron chi connectivity index (χ0n) is 10.2. The second-order valence-electron chi connectivity index (χ2n) is 4.27. The fraction of sp³-hybridized carbons (Fsp3) is 0.214. The zero-order valence-corrected chi connectivity index (χ0v) is 10.2. The molecule has 0 spiro atoms. The molecule has 0 aliphatic carbocycles. The summed E-state index contributed by atoms with van der Waals surface area (Å²) in [4.78, 5) is 6.38. The number of nitrogens with two attached hydrogens (primary N) is 1. The third-order valence-corrected chi connectivity index (χ3v) is 2.65. The van der Waals surface area contributed by atoms with Crippen LogP contribution in [0.15, 0.2) is 42.5 Å². The Morgan fingerprint density at radius 3 is 2.65 bits per heavy atom. The van der Waals surface area contributed by atoms with Crippen LogP contribution in [0.5, 0.6) is 0 Å². The van der Waals surface area contributed by atoms with Crippen LogP contribution in [0.4, 0.5) is 11.6 Å². The number of nitrogen functional groups attached to an aromatic ring is 1. The lowest BCUT2D eigenvalue weighted by Crippen LogP contribution is -2.18. The lowest BCUT2D eigenvalue weighted by Gasteiger charge is -2.18. The van der Waals surface area contributed by atoms with Gasteiger partial charge in [0, 0.05) is 13.6 Å². The molecular weight excluding hydrogens is 210 g/mol. The van der Waals surface area contributed by atoms with Gasteiger partial charge in [-0.05, 0) is 24.6 Å². The first kappa shape index (κ1) is 11.5. The summed E-state index contributed by atoms with van der Waals surface area (Å²) in [5.74, 6) is 1.45. The summed E-state index contributed by atoms with van der Waals surface area (Å²) in [6.07, 6.45) is 0. The molecule has 1 heterocycles. The van der Waals surface area contributed by atoms with Gasteiger partial charge in [0.05, 0.1) is 0 Å². The summed E-state index contributed by atoms with van der Waals surface area (Å²) in [6, 6.07) is 14.2. The van der Waals surface area contributed by atoms with Gasteiger partial charge in [0.2, 0.25) is 0 Å². The van der Waals surface area contributed by atoms with E-state index in [2.05, 4.69) is 41.1 Å². The van der Waals surface area contributed by atoms with Gasteiger partial charge in [-0.3, -0.25) is 0 Å². The molecule has 1 aromatic carbocycles. The average Bonchev–Trinajstić information content (AvgIpc) is 2.29. The van der Waals surface area contributed by atoms with E-state index in [4.69, 9.17) is 5.73 Å². The molecule has 0 bridgehead atoms. The van der Waals surface area contributed by atoms with Crippen molar-refractivity contribution in [2.45, 2.75) is 13.5 Å². The Morgan fingerprint density at radius 1 is 1.18 bits per heavy atom. The van der Waals surface area contributed by atoms with Gasteiger partial charge in [0.15, 0.2) is 0 Å². The number of hydrogen-bond donors (Lipinski definition) is 1. The van der Waals surface area contributed by atoms with Crippen molar-refractivity contribution in [3.63, 3.8) is 0 Å². The van der Waals surface area contributed by atoms with E-state index in [1.165, 1.54) is 11.1 Å². The Labute approximate surface area is 102 Å². The maximum Gasteiger partial charge on any atom is 0.130 e. The Balaban J connectivity index is 2.14. The van der Waals surface area contributed by atoms with Gasteiger partial charge < -0.3 is 10.6 Å². The topological polar surface area (TPSA) is 42.1 Å². The summed E-state index contributed by atoms with van der Waals surface area (Å²) in [7, 11) is 2.02. The molecule has 0 radical (unpaired) electrons. The average molecular weight is 227 g/mol. The first-order valence-corrected chi connectivity index (χ1v) is 5.64. The predicted octanol–water partition coefficient (Wildman–Crippen LogP) is 2.61. The van der Waals surface area contributed by atoms with Crippen molar-refractivity contribution in [3.05, 3.63) is 53.6 Å². The quantitative estimate of drug-likeness (QED) is 0.876. The molecule has 2 aromatic rings. The molecule has 88 valence electrons. The molecule has 0 aliphatic rings. The number of nitrogens with zero attached hydrogens (tertiary/aromatic N) is 2. The highest BCUT2D eigenvalue weighted by Crippen LogP contribution is 2.14.